The molecule has 5 N–H and O–H groups in total. The summed E-state index contributed by atoms with van der Waals surface area (Å²) in [6, 6.07) is 0. The van der Waals surface area contributed by atoms with E-state index >= 15 is 0 Å². The number of rotatable bonds is 1. The van der Waals surface area contributed by atoms with Crippen LogP contribution >= 0.6 is 0 Å². The topological polar surface area (TPSA) is 104 Å². The number of hydrogen-bond donors (Lipinski definition) is 4. The molecule has 0 aromatic rings. The van der Waals surface area contributed by atoms with Crippen molar-refractivity contribution in [3.8, 4) is 0 Å². The van der Waals surface area contributed by atoms with Crippen LogP contribution in [0.5, 0.6) is 0 Å². The van der Waals surface area contributed by atoms with E-state index in [1.165, 1.54) is 0 Å². The van der Waals surface area contributed by atoms with Crippen molar-refractivity contribution < 1.29 is 18.2 Å². The molecule has 0 bridgehead atoms. The Morgan fingerprint density at radius 2 is 1.67 bits per heavy atom. The van der Waals surface area contributed by atoms with E-state index in [0.29, 0.717) is 0 Å². The van der Waals surface area contributed by atoms with E-state index in [-0.39, 0.29) is 23.9 Å². The Labute approximate surface area is 70.0 Å². The molecule has 53 valence electrons. The molecule has 5 nitrogen and oxygen atoms in total. The molecule has 0 heterocycles. The number of carboxylic acids is 1. The average molecular weight is 166 g/mol. The lowest BCUT2D eigenvalue weighted by Crippen LogP contribution is -2.10. The molecule has 0 atom stereocenters. The second-order valence-electron chi connectivity index (χ2n) is 0.713. The molecule has 0 saturated heterocycles. The lowest BCUT2D eigenvalue weighted by atomic mass is 10.7. The third kappa shape index (κ3) is 59.4. The molecule has 1 radical (unpaired) electrons. The molecule has 0 aromatic heterocycles. The van der Waals surface area contributed by atoms with Gasteiger partial charge in [-0.15, -0.1) is 0 Å². The highest BCUT2D eigenvalue weighted by Gasteiger charge is 1.81. The fourth-order valence-electron chi connectivity index (χ4n) is 0. The molecule has 0 saturated carbocycles. The highest BCUT2D eigenvalue weighted by Crippen LogP contribution is 1.43. The van der Waals surface area contributed by atoms with Crippen molar-refractivity contribution >= 4 is 39.2 Å². The van der Waals surface area contributed by atoms with Crippen molar-refractivity contribution in [1.82, 2.24) is 0 Å². The second kappa shape index (κ2) is 15.8. The van der Waals surface area contributed by atoms with Gasteiger partial charge in [0.05, 0.1) is 6.54 Å². The van der Waals surface area contributed by atoms with Gasteiger partial charge in [-0.25, -0.2) is 0 Å². The summed E-state index contributed by atoms with van der Waals surface area (Å²) >= 11 is -1.25. The first-order valence-electron chi connectivity index (χ1n) is 1.71. The smallest absolute Gasteiger partial charge is 0.499 e. The van der Waals surface area contributed by atoms with Gasteiger partial charge in [0.15, 0.2) is 17.4 Å². The minimum Gasteiger partial charge on any atom is -0.499 e. The van der Waals surface area contributed by atoms with Crippen molar-refractivity contribution in [3.63, 3.8) is 0 Å². The van der Waals surface area contributed by atoms with Crippen LogP contribution in [0.3, 0.4) is 0 Å². The van der Waals surface area contributed by atoms with Gasteiger partial charge in [-0.3, -0.25) is 4.79 Å². The number of aliphatic carboxylic acids is 1. The van der Waals surface area contributed by atoms with Gasteiger partial charge in [0.2, 0.25) is 0 Å². The van der Waals surface area contributed by atoms with E-state index in [1.807, 2.05) is 0 Å². The van der Waals surface area contributed by atoms with E-state index in [1.54, 1.807) is 0 Å². The molecule has 0 rings (SSSR count). The molecule has 0 spiro atoms. The largest absolute Gasteiger partial charge is 0.662 e. The van der Waals surface area contributed by atoms with Crippen LogP contribution in [0.15, 0.2) is 0 Å². The zero-order valence-corrected chi connectivity index (χ0v) is 5.27. The van der Waals surface area contributed by atoms with Crippen molar-refractivity contribution in [3.05, 3.63) is 0 Å². The second-order valence-corrected chi connectivity index (χ2v) is 0.944. The van der Waals surface area contributed by atoms with Crippen molar-refractivity contribution in [2.24, 2.45) is 5.73 Å². The first-order chi connectivity index (χ1) is 3.68. The Hall–Kier alpha value is 0.415. The van der Waals surface area contributed by atoms with Gasteiger partial charge in [0.25, 0.3) is 0 Å². The first-order valence-corrected chi connectivity index (χ1v) is 2.74. The van der Waals surface area contributed by atoms with Gasteiger partial charge < -0.3 is 19.2 Å². The summed E-state index contributed by atoms with van der Waals surface area (Å²) in [4.78, 5) is 9.24. The fraction of sp³-hybridized carbons (Fsp3) is 0.500. The Bertz CT molecular complexity index is 60.5. The number of carbonyl (C=O) groups is 1. The van der Waals surface area contributed by atoms with Gasteiger partial charge in [-0.2, -0.15) is 0 Å². The molecular weight excluding hydrogens is 156 g/mol. The predicted molar refractivity (Wildman–Crippen MR) is 36.8 cm³/mol. The van der Waals surface area contributed by atoms with Gasteiger partial charge in [-0.05, 0) is 0 Å². The Morgan fingerprint density at radius 1 is 1.56 bits per heavy atom. The molecule has 0 fully saturated rings. The van der Waals surface area contributed by atoms with E-state index < -0.39 is 21.9 Å². The Morgan fingerprint density at radius 3 is 1.67 bits per heavy atom. The van der Waals surface area contributed by atoms with Crippen LogP contribution in [0.2, 0.25) is 0 Å². The number of hydrogen-bond acceptors (Lipinski definition) is 4. The Kier molecular flexibility index (Phi) is 28.4. The lowest BCUT2D eigenvalue weighted by molar-refractivity contribution is -0.135. The van der Waals surface area contributed by atoms with E-state index in [9.17, 15) is 4.79 Å². The average Bonchev–Trinajstić information content (AvgIpc) is 1.69. The minimum absolute atomic E-state index is 0. The van der Waals surface area contributed by atoms with Crippen LogP contribution in [0.25, 0.3) is 0 Å². The number of carboxylic acid groups (broad SMARTS) is 1. The van der Waals surface area contributed by atoms with Gasteiger partial charge in [0, 0.05) is 0 Å². The zero-order chi connectivity index (χ0) is 6.99. The van der Waals surface area contributed by atoms with Crippen LogP contribution in [-0.2, 0) is 4.79 Å². The standard InChI is InChI=1S/C2H5NO2.2Al.2H2O.3H/c3-1-2(4)5;;;;;;;/h1,3H2,(H,4,5);;;2*1H2;;;/q;;+2;;;;;/p-2. The summed E-state index contributed by atoms with van der Waals surface area (Å²) in [5, 5.41) is 7.60. The van der Waals surface area contributed by atoms with Gasteiger partial charge in [-0.1, -0.05) is 0 Å². The van der Waals surface area contributed by atoms with Gasteiger partial charge in [0.1, 0.15) is 0 Å². The molecular formula is C2H10Al2NO4. The van der Waals surface area contributed by atoms with Crippen LogP contribution in [0.1, 0.15) is 0 Å². The highest BCUT2D eigenvalue weighted by atomic mass is 27.2. The van der Waals surface area contributed by atoms with E-state index in [2.05, 4.69) is 5.73 Å². The van der Waals surface area contributed by atoms with Crippen LogP contribution in [-0.4, -0.2) is 59.2 Å². The summed E-state index contributed by atoms with van der Waals surface area (Å²) in [5.41, 5.74) is 4.57. The van der Waals surface area contributed by atoms with Crippen molar-refractivity contribution in [1.29, 1.82) is 0 Å². The normalized spacial score (nSPS) is 5.67. The predicted octanol–water partition coefficient (Wildman–Crippen LogP) is -3.65. The molecule has 0 aliphatic carbocycles. The molecule has 0 unspecified atom stereocenters. The minimum atomic E-state index is -1.25. The fourth-order valence-corrected chi connectivity index (χ4v) is 0. The first kappa shape index (κ1) is 16.2. The maximum Gasteiger partial charge on any atom is 0.662 e. The van der Waals surface area contributed by atoms with Crippen molar-refractivity contribution in [2.75, 3.05) is 6.54 Å². The lowest BCUT2D eigenvalue weighted by Gasteiger charge is -1.73. The summed E-state index contributed by atoms with van der Waals surface area (Å²) in [6.07, 6.45) is 0. The van der Waals surface area contributed by atoms with Crippen LogP contribution in [0.4, 0.5) is 0 Å². The zero-order valence-electron chi connectivity index (χ0n) is 4.11. The number of nitrogens with two attached hydrogens (primary N) is 1. The van der Waals surface area contributed by atoms with Gasteiger partial charge >= 0.3 is 21.9 Å². The maximum atomic E-state index is 9.24. The molecule has 9 heavy (non-hydrogen) atoms. The van der Waals surface area contributed by atoms with Crippen LogP contribution in [0, 0.1) is 0 Å². The highest BCUT2D eigenvalue weighted by molar-refractivity contribution is 6.13. The maximum absolute atomic E-state index is 9.24. The molecule has 7 heteroatoms. The summed E-state index contributed by atoms with van der Waals surface area (Å²) in [7, 11) is 0. The van der Waals surface area contributed by atoms with Crippen molar-refractivity contribution in [2.45, 2.75) is 0 Å². The third-order valence-electron chi connectivity index (χ3n) is 0.175. The third-order valence-corrected chi connectivity index (χ3v) is 0.175. The van der Waals surface area contributed by atoms with Crippen LogP contribution < -0.4 is 5.73 Å². The monoisotopic (exact) mass is 166 g/mol. The van der Waals surface area contributed by atoms with E-state index in [4.69, 9.17) is 13.4 Å². The summed E-state index contributed by atoms with van der Waals surface area (Å²) in [5.74, 6) is -0.968. The quantitative estimate of drug-likeness (QED) is 0.301. The molecule has 0 aromatic carbocycles. The summed E-state index contributed by atoms with van der Waals surface area (Å²) < 4.78 is 14.4. The Balaban J connectivity index is -0.0000000800. The summed E-state index contributed by atoms with van der Waals surface area (Å²) in [6.45, 7) is -0.278. The van der Waals surface area contributed by atoms with E-state index in [0.717, 1.165) is 0 Å². The molecule has 0 aliphatic rings. The SMILES string of the molecule is NCC(=O)O.[AlH3].[OH][Al][OH]. The molecule has 0 amide bonds. The molecule has 0 aliphatic heterocycles.